The maximum atomic E-state index is 12.1. The molecule has 1 saturated heterocycles. The van der Waals surface area contributed by atoms with Crippen LogP contribution >= 0.6 is 0 Å². The Kier molecular flexibility index (Phi) is 5.12. The number of hydrogen-bond acceptors (Lipinski definition) is 3. The summed E-state index contributed by atoms with van der Waals surface area (Å²) in [6.45, 7) is 1.71. The smallest absolute Gasteiger partial charge is 0.303 e. The molecule has 5 nitrogen and oxygen atoms in total. The molecular weight excluding hydrogens is 256 g/mol. The average molecular weight is 276 g/mol. The molecule has 108 valence electrons. The van der Waals surface area contributed by atoms with Gasteiger partial charge in [-0.25, -0.2) is 0 Å². The average Bonchev–Trinajstić information content (AvgIpc) is 2.46. The largest absolute Gasteiger partial charge is 0.481 e. The third kappa shape index (κ3) is 4.35. The molecule has 1 aliphatic rings. The summed E-state index contributed by atoms with van der Waals surface area (Å²) < 4.78 is 0. The van der Waals surface area contributed by atoms with Crippen molar-refractivity contribution in [3.8, 4) is 0 Å². The molecule has 0 unspecified atom stereocenters. The third-order valence-electron chi connectivity index (χ3n) is 3.49. The Hall–Kier alpha value is -1.88. The van der Waals surface area contributed by atoms with Crippen LogP contribution in [0.3, 0.4) is 0 Å². The monoisotopic (exact) mass is 276 g/mol. The fourth-order valence-electron chi connectivity index (χ4n) is 2.38. The summed E-state index contributed by atoms with van der Waals surface area (Å²) in [5.74, 6) is -0.758. The second kappa shape index (κ2) is 7.05. The maximum absolute atomic E-state index is 12.1. The maximum Gasteiger partial charge on any atom is 0.303 e. The van der Waals surface area contributed by atoms with Gasteiger partial charge in [-0.15, -0.1) is 0 Å². The number of piperidine rings is 1. The molecule has 1 aliphatic heterocycles. The minimum absolute atomic E-state index is 0.0198. The lowest BCUT2D eigenvalue weighted by Crippen LogP contribution is -2.37. The van der Waals surface area contributed by atoms with Crippen LogP contribution in [0.4, 0.5) is 5.69 Å². The molecule has 0 spiro atoms. The second-order valence-corrected chi connectivity index (χ2v) is 5.13. The molecule has 0 radical (unpaired) electrons. The lowest BCUT2D eigenvalue weighted by Gasteiger charge is -2.22. The minimum atomic E-state index is -0.812. The van der Waals surface area contributed by atoms with E-state index in [0.29, 0.717) is 6.42 Å². The Bertz CT molecular complexity index is 482. The Morgan fingerprint density at radius 2 is 2.25 bits per heavy atom. The van der Waals surface area contributed by atoms with Gasteiger partial charge >= 0.3 is 5.97 Å². The Morgan fingerprint density at radius 1 is 1.40 bits per heavy atom. The van der Waals surface area contributed by atoms with E-state index in [1.54, 1.807) is 0 Å². The molecule has 2 rings (SSSR count). The minimum Gasteiger partial charge on any atom is -0.481 e. The molecule has 5 heteroatoms. The van der Waals surface area contributed by atoms with Crippen molar-refractivity contribution in [2.75, 3.05) is 18.4 Å². The zero-order chi connectivity index (χ0) is 14.4. The number of amides is 1. The Morgan fingerprint density at radius 3 is 2.95 bits per heavy atom. The zero-order valence-electron chi connectivity index (χ0n) is 11.4. The summed E-state index contributed by atoms with van der Waals surface area (Å²) in [6.07, 6.45) is 2.52. The number of carboxylic acid groups (broad SMARTS) is 1. The van der Waals surface area contributed by atoms with E-state index in [4.69, 9.17) is 5.11 Å². The molecule has 1 aromatic carbocycles. The molecule has 1 fully saturated rings. The summed E-state index contributed by atoms with van der Waals surface area (Å²) in [6, 6.07) is 7.39. The van der Waals surface area contributed by atoms with E-state index in [9.17, 15) is 9.59 Å². The molecule has 0 aliphatic carbocycles. The van der Waals surface area contributed by atoms with Gasteiger partial charge in [-0.05, 0) is 43.5 Å². The van der Waals surface area contributed by atoms with Gasteiger partial charge in [-0.3, -0.25) is 9.59 Å². The Balaban J connectivity index is 1.93. The Labute approximate surface area is 118 Å². The fourth-order valence-corrected chi connectivity index (χ4v) is 2.38. The molecule has 1 atom stereocenters. The van der Waals surface area contributed by atoms with Crippen LogP contribution in [-0.4, -0.2) is 30.1 Å². The van der Waals surface area contributed by atoms with Gasteiger partial charge in [0.05, 0.1) is 5.92 Å². The van der Waals surface area contributed by atoms with Crippen LogP contribution in [0.1, 0.15) is 24.8 Å². The van der Waals surface area contributed by atoms with Gasteiger partial charge in [-0.2, -0.15) is 0 Å². The van der Waals surface area contributed by atoms with Crippen molar-refractivity contribution in [1.29, 1.82) is 0 Å². The highest BCUT2D eigenvalue weighted by atomic mass is 16.4. The summed E-state index contributed by atoms with van der Waals surface area (Å²) in [5, 5.41) is 14.8. The molecule has 3 N–H and O–H groups in total. The fraction of sp³-hybridized carbons (Fsp3) is 0.467. The van der Waals surface area contributed by atoms with Crippen molar-refractivity contribution in [1.82, 2.24) is 5.32 Å². The number of rotatable bonds is 5. The molecular formula is C15H20N2O3. The topological polar surface area (TPSA) is 78.4 Å². The lowest BCUT2D eigenvalue weighted by molar-refractivity contribution is -0.137. The SMILES string of the molecule is O=C(O)CCc1cccc(NC(=O)[C@@H]2CCCNC2)c1. The number of carbonyl (C=O) groups is 2. The van der Waals surface area contributed by atoms with E-state index in [1.165, 1.54) is 0 Å². The number of hydrogen-bond donors (Lipinski definition) is 3. The highest BCUT2D eigenvalue weighted by Gasteiger charge is 2.20. The van der Waals surface area contributed by atoms with Gasteiger partial charge in [0.1, 0.15) is 0 Å². The highest BCUT2D eigenvalue weighted by Crippen LogP contribution is 2.16. The van der Waals surface area contributed by atoms with Gasteiger partial charge in [0.15, 0.2) is 0 Å². The van der Waals surface area contributed by atoms with Crippen molar-refractivity contribution in [3.05, 3.63) is 29.8 Å². The number of carbonyl (C=O) groups excluding carboxylic acids is 1. The molecule has 0 aromatic heterocycles. The van der Waals surface area contributed by atoms with E-state index in [-0.39, 0.29) is 18.2 Å². The number of benzene rings is 1. The first-order valence-corrected chi connectivity index (χ1v) is 6.97. The molecule has 1 amide bonds. The van der Waals surface area contributed by atoms with Crippen molar-refractivity contribution in [2.45, 2.75) is 25.7 Å². The zero-order valence-corrected chi connectivity index (χ0v) is 11.4. The van der Waals surface area contributed by atoms with E-state index in [0.717, 1.165) is 37.2 Å². The number of aliphatic carboxylic acids is 1. The quantitative estimate of drug-likeness (QED) is 0.764. The van der Waals surface area contributed by atoms with Gasteiger partial charge in [0.25, 0.3) is 0 Å². The van der Waals surface area contributed by atoms with E-state index < -0.39 is 5.97 Å². The molecule has 1 heterocycles. The summed E-state index contributed by atoms with van der Waals surface area (Å²) in [4.78, 5) is 22.7. The van der Waals surface area contributed by atoms with Gasteiger partial charge in [0.2, 0.25) is 5.91 Å². The van der Waals surface area contributed by atoms with Crippen LogP contribution in [0.5, 0.6) is 0 Å². The molecule has 1 aromatic rings. The molecule has 20 heavy (non-hydrogen) atoms. The number of nitrogens with one attached hydrogen (secondary N) is 2. The summed E-state index contributed by atoms with van der Waals surface area (Å²) in [5.41, 5.74) is 1.66. The molecule has 0 saturated carbocycles. The van der Waals surface area contributed by atoms with Crippen molar-refractivity contribution in [3.63, 3.8) is 0 Å². The number of carboxylic acids is 1. The highest BCUT2D eigenvalue weighted by molar-refractivity contribution is 5.92. The molecule has 0 bridgehead atoms. The van der Waals surface area contributed by atoms with Gasteiger partial charge in [0, 0.05) is 18.7 Å². The van der Waals surface area contributed by atoms with Crippen molar-refractivity contribution in [2.24, 2.45) is 5.92 Å². The van der Waals surface area contributed by atoms with E-state index >= 15 is 0 Å². The number of aryl methyl sites for hydroxylation is 1. The first-order chi connectivity index (χ1) is 9.65. The standard InChI is InChI=1S/C15H20N2O3/c18-14(19)7-6-11-3-1-5-13(9-11)17-15(20)12-4-2-8-16-10-12/h1,3,5,9,12,16H,2,4,6-8,10H2,(H,17,20)(H,18,19)/t12-/m1/s1. The van der Waals surface area contributed by atoms with Crippen LogP contribution < -0.4 is 10.6 Å². The van der Waals surface area contributed by atoms with Crippen LogP contribution in [-0.2, 0) is 16.0 Å². The van der Waals surface area contributed by atoms with Crippen molar-refractivity contribution < 1.29 is 14.7 Å². The summed E-state index contributed by atoms with van der Waals surface area (Å²) in [7, 11) is 0. The van der Waals surface area contributed by atoms with Crippen LogP contribution in [0.15, 0.2) is 24.3 Å². The first kappa shape index (κ1) is 14.5. The first-order valence-electron chi connectivity index (χ1n) is 6.97. The number of anilines is 1. The van der Waals surface area contributed by atoms with Crippen LogP contribution in [0, 0.1) is 5.92 Å². The van der Waals surface area contributed by atoms with E-state index in [1.807, 2.05) is 24.3 Å². The lowest BCUT2D eigenvalue weighted by atomic mass is 9.98. The second-order valence-electron chi connectivity index (χ2n) is 5.13. The summed E-state index contributed by atoms with van der Waals surface area (Å²) >= 11 is 0. The van der Waals surface area contributed by atoms with Crippen LogP contribution in [0.2, 0.25) is 0 Å². The van der Waals surface area contributed by atoms with Gasteiger partial charge in [-0.1, -0.05) is 12.1 Å². The predicted octanol–water partition coefficient (Wildman–Crippen LogP) is 1.64. The third-order valence-corrected chi connectivity index (χ3v) is 3.49. The van der Waals surface area contributed by atoms with E-state index in [2.05, 4.69) is 10.6 Å². The predicted molar refractivity (Wildman–Crippen MR) is 76.6 cm³/mol. The van der Waals surface area contributed by atoms with Crippen molar-refractivity contribution >= 4 is 17.6 Å². The van der Waals surface area contributed by atoms with Crippen LogP contribution in [0.25, 0.3) is 0 Å². The van der Waals surface area contributed by atoms with Gasteiger partial charge < -0.3 is 15.7 Å². The normalized spacial score (nSPS) is 18.5.